The zero-order chi connectivity index (χ0) is 19.4. The summed E-state index contributed by atoms with van der Waals surface area (Å²) in [7, 11) is 0. The maximum atomic E-state index is 12.6. The normalized spacial score (nSPS) is 22.3. The molecule has 1 aromatic rings. The maximum absolute atomic E-state index is 12.6. The molecule has 1 N–H and O–H groups in total. The Bertz CT molecular complexity index is 724. The molecule has 1 saturated heterocycles. The van der Waals surface area contributed by atoms with E-state index < -0.39 is 5.54 Å². The zero-order valence-corrected chi connectivity index (χ0v) is 17.3. The average molecular weight is 403 g/mol. The van der Waals surface area contributed by atoms with E-state index in [1.54, 1.807) is 0 Å². The Balaban J connectivity index is 1.40. The Morgan fingerprint density at radius 3 is 2.43 bits per heavy atom. The van der Waals surface area contributed by atoms with Crippen LogP contribution in [0.3, 0.4) is 0 Å². The fraction of sp³-hybridized carbons (Fsp3) is 0.800. The van der Waals surface area contributed by atoms with Gasteiger partial charge in [0, 0.05) is 19.1 Å². The third-order valence-electron chi connectivity index (χ3n) is 6.08. The predicted molar refractivity (Wildman–Crippen MR) is 109 cm³/mol. The fourth-order valence-electron chi connectivity index (χ4n) is 4.36. The quantitative estimate of drug-likeness (QED) is 0.579. The summed E-state index contributed by atoms with van der Waals surface area (Å²) in [6.07, 6.45) is 11.9. The van der Waals surface area contributed by atoms with E-state index in [-0.39, 0.29) is 11.7 Å². The molecule has 0 atom stereocenters. The minimum Gasteiger partial charge on any atom is -0.341 e. The van der Waals surface area contributed by atoms with Crippen LogP contribution in [0.2, 0.25) is 0 Å². The zero-order valence-electron chi connectivity index (χ0n) is 16.5. The number of anilines is 1. The van der Waals surface area contributed by atoms with E-state index in [4.69, 9.17) is 0 Å². The van der Waals surface area contributed by atoms with Gasteiger partial charge in [-0.15, -0.1) is 10.2 Å². The molecule has 7 nitrogen and oxygen atoms in total. The van der Waals surface area contributed by atoms with Crippen LogP contribution in [0.4, 0.5) is 5.95 Å². The Kier molecular flexibility index (Phi) is 6.10. The van der Waals surface area contributed by atoms with Gasteiger partial charge in [-0.2, -0.15) is 5.26 Å². The van der Waals surface area contributed by atoms with E-state index in [0.29, 0.717) is 6.04 Å². The molecule has 8 heteroatoms. The third kappa shape index (κ3) is 4.45. The maximum Gasteiger partial charge on any atom is 0.231 e. The van der Waals surface area contributed by atoms with Gasteiger partial charge in [-0.25, -0.2) is 0 Å². The van der Waals surface area contributed by atoms with Crippen molar-refractivity contribution in [3.63, 3.8) is 0 Å². The van der Waals surface area contributed by atoms with Gasteiger partial charge < -0.3 is 10.2 Å². The van der Waals surface area contributed by atoms with Crippen LogP contribution in [-0.2, 0) is 4.79 Å². The van der Waals surface area contributed by atoms with Crippen LogP contribution in [0, 0.1) is 11.3 Å². The molecule has 28 heavy (non-hydrogen) atoms. The molecular weight excluding hydrogens is 372 g/mol. The number of amides is 1. The molecule has 4 rings (SSSR count). The van der Waals surface area contributed by atoms with Gasteiger partial charge in [0.25, 0.3) is 0 Å². The Morgan fingerprint density at radius 1 is 1.11 bits per heavy atom. The first-order valence-corrected chi connectivity index (χ1v) is 11.7. The first kappa shape index (κ1) is 19.6. The number of nitrogens with zero attached hydrogens (tertiary/aromatic N) is 5. The van der Waals surface area contributed by atoms with Gasteiger partial charge in [0.05, 0.1) is 11.8 Å². The molecule has 0 bridgehead atoms. The lowest BCUT2D eigenvalue weighted by Gasteiger charge is -2.28. The molecule has 2 aliphatic carbocycles. The van der Waals surface area contributed by atoms with Crippen LogP contribution in [0.5, 0.6) is 0 Å². The molecule has 0 radical (unpaired) electrons. The summed E-state index contributed by atoms with van der Waals surface area (Å²) in [6, 6.07) is 2.87. The van der Waals surface area contributed by atoms with E-state index in [2.05, 4.69) is 31.1 Å². The number of nitriles is 1. The van der Waals surface area contributed by atoms with E-state index >= 15 is 0 Å². The number of hydrogen-bond acceptors (Lipinski definition) is 6. The van der Waals surface area contributed by atoms with Gasteiger partial charge in [0.2, 0.25) is 11.9 Å². The standard InChI is InChI=1S/C20H30N6OS/c21-15-20(10-4-1-2-5-11-20)22-17(27)14-28-19-24-23-18(26(19)16-8-9-16)25-12-6-3-7-13-25/h16H,1-14H2,(H,22,27). The molecule has 1 aromatic heterocycles. The van der Waals surface area contributed by atoms with Crippen LogP contribution < -0.4 is 10.2 Å². The van der Waals surface area contributed by atoms with E-state index in [0.717, 1.165) is 75.6 Å². The van der Waals surface area contributed by atoms with Crippen molar-refractivity contribution in [3.05, 3.63) is 0 Å². The van der Waals surface area contributed by atoms with Crippen molar-refractivity contribution in [2.45, 2.75) is 87.4 Å². The molecule has 3 aliphatic rings. The van der Waals surface area contributed by atoms with Crippen LogP contribution in [-0.4, -0.2) is 45.1 Å². The van der Waals surface area contributed by atoms with Gasteiger partial charge >= 0.3 is 0 Å². The van der Waals surface area contributed by atoms with Crippen molar-refractivity contribution in [1.29, 1.82) is 5.26 Å². The third-order valence-corrected chi connectivity index (χ3v) is 7.02. The van der Waals surface area contributed by atoms with Crippen molar-refractivity contribution in [2.75, 3.05) is 23.7 Å². The van der Waals surface area contributed by atoms with Gasteiger partial charge in [-0.1, -0.05) is 37.4 Å². The average Bonchev–Trinajstić information content (AvgIpc) is 3.51. The Morgan fingerprint density at radius 2 is 1.79 bits per heavy atom. The van der Waals surface area contributed by atoms with Gasteiger partial charge in [-0.3, -0.25) is 9.36 Å². The highest BCUT2D eigenvalue weighted by Crippen LogP contribution is 2.41. The predicted octanol–water partition coefficient (Wildman–Crippen LogP) is 3.43. The van der Waals surface area contributed by atoms with Crippen LogP contribution in [0.15, 0.2) is 5.16 Å². The second-order valence-electron chi connectivity index (χ2n) is 8.38. The topological polar surface area (TPSA) is 86.8 Å². The lowest BCUT2D eigenvalue weighted by Crippen LogP contribution is -2.47. The Labute approximate surface area is 171 Å². The summed E-state index contributed by atoms with van der Waals surface area (Å²) >= 11 is 1.45. The van der Waals surface area contributed by atoms with Crippen LogP contribution in [0.25, 0.3) is 0 Å². The van der Waals surface area contributed by atoms with Crippen molar-refractivity contribution in [3.8, 4) is 6.07 Å². The lowest BCUT2D eigenvalue weighted by molar-refractivity contribution is -0.120. The number of carbonyl (C=O) groups excluding carboxylic acids is 1. The van der Waals surface area contributed by atoms with Gasteiger partial charge in [-0.05, 0) is 44.9 Å². The van der Waals surface area contributed by atoms with Crippen molar-refractivity contribution in [2.24, 2.45) is 0 Å². The molecule has 0 spiro atoms. The molecule has 152 valence electrons. The highest BCUT2D eigenvalue weighted by Gasteiger charge is 2.34. The molecule has 0 unspecified atom stereocenters. The number of aromatic nitrogens is 3. The molecule has 0 aromatic carbocycles. The lowest BCUT2D eigenvalue weighted by atomic mass is 9.92. The molecule has 3 fully saturated rings. The largest absolute Gasteiger partial charge is 0.341 e. The number of carbonyl (C=O) groups is 1. The van der Waals surface area contributed by atoms with Gasteiger partial charge in [0.15, 0.2) is 5.16 Å². The second kappa shape index (κ2) is 8.73. The summed E-state index contributed by atoms with van der Waals surface area (Å²) in [6.45, 7) is 2.08. The first-order valence-electron chi connectivity index (χ1n) is 10.8. The molecule has 1 amide bonds. The van der Waals surface area contributed by atoms with E-state index in [1.807, 2.05) is 0 Å². The van der Waals surface area contributed by atoms with Crippen LogP contribution in [0.1, 0.15) is 76.7 Å². The number of rotatable bonds is 6. The fourth-order valence-corrected chi connectivity index (χ4v) is 5.16. The highest BCUT2D eigenvalue weighted by molar-refractivity contribution is 7.99. The monoisotopic (exact) mass is 402 g/mol. The minimum absolute atomic E-state index is 0.0710. The smallest absolute Gasteiger partial charge is 0.231 e. The molecular formula is C20H30N6OS. The molecule has 1 aliphatic heterocycles. The summed E-state index contributed by atoms with van der Waals surface area (Å²) in [5, 5.41) is 22.4. The minimum atomic E-state index is -0.683. The molecule has 2 heterocycles. The van der Waals surface area contributed by atoms with Crippen molar-refractivity contribution in [1.82, 2.24) is 20.1 Å². The SMILES string of the molecule is N#CC1(NC(=O)CSc2nnc(N3CCCCC3)n2C2CC2)CCCCCC1. The summed E-state index contributed by atoms with van der Waals surface area (Å²) in [5.41, 5.74) is -0.683. The van der Waals surface area contributed by atoms with E-state index in [1.165, 1.54) is 31.0 Å². The van der Waals surface area contributed by atoms with Crippen LogP contribution >= 0.6 is 11.8 Å². The highest BCUT2D eigenvalue weighted by atomic mass is 32.2. The van der Waals surface area contributed by atoms with Gasteiger partial charge in [0.1, 0.15) is 5.54 Å². The number of nitrogens with one attached hydrogen (secondary N) is 1. The number of piperidine rings is 1. The number of hydrogen-bond donors (Lipinski definition) is 1. The van der Waals surface area contributed by atoms with Crippen molar-refractivity contribution < 1.29 is 4.79 Å². The van der Waals surface area contributed by atoms with Crippen molar-refractivity contribution >= 4 is 23.6 Å². The Hall–Kier alpha value is -1.75. The summed E-state index contributed by atoms with van der Waals surface area (Å²) in [5.74, 6) is 1.19. The summed E-state index contributed by atoms with van der Waals surface area (Å²) in [4.78, 5) is 15.0. The number of thioether (sulfide) groups is 1. The van der Waals surface area contributed by atoms with E-state index in [9.17, 15) is 10.1 Å². The summed E-state index contributed by atoms with van der Waals surface area (Å²) < 4.78 is 2.25. The molecule has 2 saturated carbocycles. The second-order valence-corrected chi connectivity index (χ2v) is 9.32. The first-order chi connectivity index (χ1) is 13.7.